The summed E-state index contributed by atoms with van der Waals surface area (Å²) in [5.74, 6) is 1.12. The van der Waals surface area contributed by atoms with Crippen LogP contribution in [-0.4, -0.2) is 28.0 Å². The molecule has 0 aliphatic carbocycles. The molecular formula is C9H14N4O. The van der Waals surface area contributed by atoms with Crippen LogP contribution in [0.25, 0.3) is 0 Å². The zero-order valence-electron chi connectivity index (χ0n) is 8.16. The number of nitrogens with one attached hydrogen (secondary N) is 2. The van der Waals surface area contributed by atoms with Gasteiger partial charge in [-0.1, -0.05) is 0 Å². The number of rotatable bonds is 3. The van der Waals surface area contributed by atoms with E-state index in [0.29, 0.717) is 13.0 Å². The van der Waals surface area contributed by atoms with Gasteiger partial charge in [-0.3, -0.25) is 4.79 Å². The minimum absolute atomic E-state index is 0.127. The summed E-state index contributed by atoms with van der Waals surface area (Å²) < 4.78 is 1.97. The highest BCUT2D eigenvalue weighted by Crippen LogP contribution is 2.01. The van der Waals surface area contributed by atoms with E-state index < -0.39 is 0 Å². The van der Waals surface area contributed by atoms with E-state index in [1.807, 2.05) is 17.8 Å². The third-order valence-corrected chi connectivity index (χ3v) is 2.45. The second-order valence-electron chi connectivity index (χ2n) is 3.54. The highest BCUT2D eigenvalue weighted by Gasteiger charge is 2.20. The first-order chi connectivity index (χ1) is 6.75. The third-order valence-electron chi connectivity index (χ3n) is 2.45. The number of aryl methyl sites for hydroxylation is 1. The molecule has 0 bridgehead atoms. The van der Waals surface area contributed by atoms with Crippen molar-refractivity contribution in [2.45, 2.75) is 19.0 Å². The van der Waals surface area contributed by atoms with Gasteiger partial charge in [0.05, 0.1) is 6.54 Å². The van der Waals surface area contributed by atoms with Crippen molar-refractivity contribution in [2.75, 3.05) is 6.54 Å². The van der Waals surface area contributed by atoms with E-state index in [4.69, 9.17) is 0 Å². The summed E-state index contributed by atoms with van der Waals surface area (Å²) in [6, 6.07) is 0.249. The molecular weight excluding hydrogens is 180 g/mol. The van der Waals surface area contributed by atoms with Crippen molar-refractivity contribution in [3.05, 3.63) is 18.2 Å². The quantitative estimate of drug-likeness (QED) is 0.675. The molecule has 0 radical (unpaired) electrons. The molecule has 14 heavy (non-hydrogen) atoms. The lowest BCUT2D eigenvalue weighted by atomic mass is 10.2. The van der Waals surface area contributed by atoms with Gasteiger partial charge in [-0.25, -0.2) is 4.98 Å². The van der Waals surface area contributed by atoms with Crippen molar-refractivity contribution in [1.82, 2.24) is 20.2 Å². The summed E-state index contributed by atoms with van der Waals surface area (Å²) in [4.78, 5) is 15.1. The van der Waals surface area contributed by atoms with Crippen molar-refractivity contribution < 1.29 is 4.79 Å². The van der Waals surface area contributed by atoms with Crippen LogP contribution in [-0.2, 0) is 18.4 Å². The Labute approximate surface area is 82.5 Å². The van der Waals surface area contributed by atoms with Crippen LogP contribution in [0.2, 0.25) is 0 Å². The minimum atomic E-state index is 0.127. The Morgan fingerprint density at radius 3 is 3.21 bits per heavy atom. The van der Waals surface area contributed by atoms with E-state index in [0.717, 1.165) is 12.4 Å². The topological polar surface area (TPSA) is 59.0 Å². The van der Waals surface area contributed by atoms with E-state index in [-0.39, 0.29) is 11.9 Å². The molecule has 2 heterocycles. The summed E-state index contributed by atoms with van der Waals surface area (Å²) in [6.45, 7) is 1.44. The highest BCUT2D eigenvalue weighted by molar-refractivity contribution is 5.78. The molecule has 2 rings (SSSR count). The molecule has 1 aromatic heterocycles. The molecule has 76 valence electrons. The van der Waals surface area contributed by atoms with Crippen LogP contribution < -0.4 is 10.6 Å². The summed E-state index contributed by atoms with van der Waals surface area (Å²) in [7, 11) is 1.96. The number of nitrogens with zero attached hydrogens (tertiary/aromatic N) is 2. The summed E-state index contributed by atoms with van der Waals surface area (Å²) in [5.41, 5.74) is 0. The molecule has 5 heteroatoms. The summed E-state index contributed by atoms with van der Waals surface area (Å²) in [6.07, 6.45) is 4.26. The van der Waals surface area contributed by atoms with Gasteiger partial charge >= 0.3 is 0 Å². The van der Waals surface area contributed by atoms with Crippen LogP contribution >= 0.6 is 0 Å². The predicted molar refractivity (Wildman–Crippen MR) is 51.5 cm³/mol. The minimum Gasteiger partial charge on any atom is -0.354 e. The van der Waals surface area contributed by atoms with Gasteiger partial charge in [0.25, 0.3) is 0 Å². The van der Waals surface area contributed by atoms with Crippen molar-refractivity contribution >= 4 is 5.91 Å². The molecule has 1 aliphatic rings. The highest BCUT2D eigenvalue weighted by atomic mass is 16.1. The Morgan fingerprint density at radius 2 is 2.64 bits per heavy atom. The normalized spacial score (nSPS) is 21.2. The fourth-order valence-electron chi connectivity index (χ4n) is 1.55. The average Bonchev–Trinajstić information content (AvgIpc) is 2.72. The number of imidazole rings is 1. The van der Waals surface area contributed by atoms with Crippen molar-refractivity contribution in [1.29, 1.82) is 0 Å². The van der Waals surface area contributed by atoms with Crippen LogP contribution in [0.3, 0.4) is 0 Å². The average molecular weight is 194 g/mol. The van der Waals surface area contributed by atoms with Crippen molar-refractivity contribution in [3.63, 3.8) is 0 Å². The molecule has 1 aromatic rings. The van der Waals surface area contributed by atoms with Crippen LogP contribution in [0.1, 0.15) is 12.2 Å². The van der Waals surface area contributed by atoms with Crippen LogP contribution in [0.4, 0.5) is 0 Å². The molecule has 0 saturated carbocycles. The zero-order valence-corrected chi connectivity index (χ0v) is 8.16. The first-order valence-corrected chi connectivity index (χ1v) is 4.72. The van der Waals surface area contributed by atoms with Crippen molar-refractivity contribution in [2.24, 2.45) is 7.05 Å². The van der Waals surface area contributed by atoms with Gasteiger partial charge < -0.3 is 15.2 Å². The van der Waals surface area contributed by atoms with Crippen LogP contribution in [0, 0.1) is 0 Å². The van der Waals surface area contributed by atoms with E-state index in [2.05, 4.69) is 15.6 Å². The van der Waals surface area contributed by atoms with Gasteiger partial charge in [-0.05, 0) is 0 Å². The molecule has 1 aliphatic heterocycles. The number of carbonyl (C=O) groups excluding carboxylic acids is 1. The van der Waals surface area contributed by atoms with Gasteiger partial charge in [0, 0.05) is 38.4 Å². The fourth-order valence-corrected chi connectivity index (χ4v) is 1.55. The molecule has 2 N–H and O–H groups in total. The van der Waals surface area contributed by atoms with E-state index >= 15 is 0 Å². The van der Waals surface area contributed by atoms with Crippen molar-refractivity contribution in [3.8, 4) is 0 Å². The Bertz CT molecular complexity index is 333. The summed E-state index contributed by atoms with van der Waals surface area (Å²) in [5, 5.41) is 6.07. The second kappa shape index (κ2) is 3.79. The Hall–Kier alpha value is -1.36. The molecule has 1 atom stereocenters. The molecule has 0 spiro atoms. The van der Waals surface area contributed by atoms with E-state index in [9.17, 15) is 4.79 Å². The zero-order chi connectivity index (χ0) is 9.97. The number of hydrogen-bond donors (Lipinski definition) is 2. The lowest BCUT2D eigenvalue weighted by molar-refractivity contribution is -0.119. The van der Waals surface area contributed by atoms with Gasteiger partial charge in [0.2, 0.25) is 5.91 Å². The molecule has 5 nitrogen and oxygen atoms in total. The Balaban J connectivity index is 1.83. The fraction of sp³-hybridized carbons (Fsp3) is 0.556. The Morgan fingerprint density at radius 1 is 1.79 bits per heavy atom. The van der Waals surface area contributed by atoms with Crippen LogP contribution in [0.5, 0.6) is 0 Å². The molecule has 1 amide bonds. The molecule has 0 aromatic carbocycles. The van der Waals surface area contributed by atoms with Gasteiger partial charge in [0.15, 0.2) is 0 Å². The van der Waals surface area contributed by atoms with E-state index in [1.165, 1.54) is 0 Å². The first-order valence-electron chi connectivity index (χ1n) is 4.72. The lowest BCUT2D eigenvalue weighted by Crippen LogP contribution is -2.31. The summed E-state index contributed by atoms with van der Waals surface area (Å²) >= 11 is 0. The largest absolute Gasteiger partial charge is 0.354 e. The molecule has 1 unspecified atom stereocenters. The molecule has 1 saturated heterocycles. The second-order valence-corrected chi connectivity index (χ2v) is 3.54. The number of carbonyl (C=O) groups is 1. The molecule has 1 fully saturated rings. The Kier molecular flexibility index (Phi) is 2.49. The maximum atomic E-state index is 10.9. The standard InChI is InChI=1S/C9H14N4O/c1-13-3-2-10-8(13)6-11-7-4-9(14)12-5-7/h2-3,7,11H,4-6H2,1H3,(H,12,14). The lowest BCUT2D eigenvalue weighted by Gasteiger charge is -2.09. The maximum absolute atomic E-state index is 10.9. The van der Waals surface area contributed by atoms with Gasteiger partial charge in [-0.2, -0.15) is 0 Å². The van der Waals surface area contributed by atoms with Gasteiger partial charge in [-0.15, -0.1) is 0 Å². The number of amides is 1. The first kappa shape index (κ1) is 9.21. The third kappa shape index (κ3) is 1.93. The number of aromatic nitrogens is 2. The maximum Gasteiger partial charge on any atom is 0.221 e. The van der Waals surface area contributed by atoms with Crippen LogP contribution in [0.15, 0.2) is 12.4 Å². The van der Waals surface area contributed by atoms with Gasteiger partial charge in [0.1, 0.15) is 5.82 Å². The number of hydrogen-bond acceptors (Lipinski definition) is 3. The monoisotopic (exact) mass is 194 g/mol. The van der Waals surface area contributed by atoms with E-state index in [1.54, 1.807) is 6.20 Å². The SMILES string of the molecule is Cn1ccnc1CNC1CNC(=O)C1. The predicted octanol–water partition coefficient (Wildman–Crippen LogP) is -0.602. The smallest absolute Gasteiger partial charge is 0.221 e.